The van der Waals surface area contributed by atoms with Gasteiger partial charge in [0.1, 0.15) is 17.9 Å². The zero-order chi connectivity index (χ0) is 22.4. The third kappa shape index (κ3) is 5.28. The molecule has 0 unspecified atom stereocenters. The number of methoxy groups -OCH3 is 1. The fourth-order valence-corrected chi connectivity index (χ4v) is 2.47. The number of carbonyl (C=O) groups is 3. The van der Waals surface area contributed by atoms with E-state index in [0.717, 1.165) is 9.58 Å². The fourth-order valence-electron chi connectivity index (χ4n) is 2.47. The zero-order valence-electron chi connectivity index (χ0n) is 16.8. The van der Waals surface area contributed by atoms with Crippen LogP contribution < -0.4 is 16.6 Å². The third-order valence-electron chi connectivity index (χ3n) is 4.22. The standard InChI is InChI=1S/C19H22N6O5/c1-24(10-16(27)30-3)15(26)9-22-18(28)13-8-14(23-25(2)19(13)29)11-4-6-12(7-5-11)17(20)21/h4-8H,9-10H2,1-3H3,(H3,20,21)(H,22,28). The number of hydrogen-bond acceptors (Lipinski definition) is 7. The molecule has 0 spiro atoms. The number of hydrogen-bond donors (Lipinski definition) is 3. The van der Waals surface area contributed by atoms with E-state index in [-0.39, 0.29) is 17.9 Å². The number of nitrogens with one attached hydrogen (secondary N) is 2. The van der Waals surface area contributed by atoms with Crippen molar-refractivity contribution in [3.63, 3.8) is 0 Å². The summed E-state index contributed by atoms with van der Waals surface area (Å²) in [5.74, 6) is -1.96. The Labute approximate surface area is 171 Å². The molecule has 0 saturated carbocycles. The average molecular weight is 414 g/mol. The Kier molecular flexibility index (Phi) is 7.02. The number of carbonyl (C=O) groups excluding carboxylic acids is 3. The van der Waals surface area contributed by atoms with E-state index in [4.69, 9.17) is 11.1 Å². The van der Waals surface area contributed by atoms with Crippen molar-refractivity contribution in [2.75, 3.05) is 27.2 Å². The molecule has 11 heteroatoms. The highest BCUT2D eigenvalue weighted by Gasteiger charge is 2.18. The molecular formula is C19H22N6O5. The molecule has 1 heterocycles. The number of nitrogens with zero attached hydrogens (tertiary/aromatic N) is 3. The summed E-state index contributed by atoms with van der Waals surface area (Å²) in [5, 5.41) is 13.9. The number of nitrogen functional groups attached to an aromatic ring is 1. The van der Waals surface area contributed by atoms with Gasteiger partial charge in [0.2, 0.25) is 5.91 Å². The highest BCUT2D eigenvalue weighted by molar-refractivity contribution is 5.97. The molecule has 4 N–H and O–H groups in total. The number of ether oxygens (including phenoxy) is 1. The summed E-state index contributed by atoms with van der Waals surface area (Å²) in [6.45, 7) is -0.664. The lowest BCUT2D eigenvalue weighted by atomic mass is 10.1. The van der Waals surface area contributed by atoms with Crippen LogP contribution in [-0.2, 0) is 21.4 Å². The molecule has 1 aromatic carbocycles. The number of aromatic nitrogens is 2. The first-order chi connectivity index (χ1) is 14.1. The van der Waals surface area contributed by atoms with Crippen molar-refractivity contribution in [2.24, 2.45) is 12.8 Å². The van der Waals surface area contributed by atoms with Gasteiger partial charge in [0.25, 0.3) is 11.5 Å². The second-order valence-corrected chi connectivity index (χ2v) is 6.37. The Morgan fingerprint density at radius 1 is 1.27 bits per heavy atom. The van der Waals surface area contributed by atoms with Crippen LogP contribution in [0.2, 0.25) is 0 Å². The van der Waals surface area contributed by atoms with Crippen molar-refractivity contribution in [1.29, 1.82) is 5.41 Å². The van der Waals surface area contributed by atoms with Gasteiger partial charge in [-0.25, -0.2) is 4.68 Å². The van der Waals surface area contributed by atoms with Gasteiger partial charge >= 0.3 is 5.97 Å². The van der Waals surface area contributed by atoms with Gasteiger partial charge in [-0.15, -0.1) is 0 Å². The van der Waals surface area contributed by atoms with E-state index in [0.29, 0.717) is 16.8 Å². The summed E-state index contributed by atoms with van der Waals surface area (Å²) in [6, 6.07) is 7.90. The minimum Gasteiger partial charge on any atom is -0.468 e. The molecule has 2 rings (SSSR count). The molecule has 0 saturated heterocycles. The number of esters is 1. The van der Waals surface area contributed by atoms with Crippen LogP contribution in [0, 0.1) is 5.41 Å². The molecule has 0 atom stereocenters. The minimum atomic E-state index is -0.751. The van der Waals surface area contributed by atoms with E-state index < -0.39 is 29.9 Å². The fraction of sp³-hybridized carbons (Fsp3) is 0.263. The monoisotopic (exact) mass is 414 g/mol. The number of likely N-dealkylation sites (N-methyl/N-ethyl adjacent to an activating group) is 1. The molecule has 1 aromatic heterocycles. The Morgan fingerprint density at radius 3 is 2.47 bits per heavy atom. The molecular weight excluding hydrogens is 392 g/mol. The quantitative estimate of drug-likeness (QED) is 0.300. The summed E-state index contributed by atoms with van der Waals surface area (Å²) in [7, 11) is 3.99. The number of aryl methyl sites for hydroxylation is 1. The van der Waals surface area contributed by atoms with Gasteiger partial charge in [-0.2, -0.15) is 5.10 Å². The van der Waals surface area contributed by atoms with Gasteiger partial charge < -0.3 is 20.7 Å². The number of amides is 2. The second-order valence-electron chi connectivity index (χ2n) is 6.37. The topological polar surface area (TPSA) is 160 Å². The first-order valence-corrected chi connectivity index (χ1v) is 8.76. The number of benzene rings is 1. The van der Waals surface area contributed by atoms with E-state index in [1.807, 2.05) is 0 Å². The Bertz CT molecular complexity index is 1040. The average Bonchev–Trinajstić information content (AvgIpc) is 2.73. The molecule has 0 radical (unpaired) electrons. The van der Waals surface area contributed by atoms with Crippen molar-refractivity contribution < 1.29 is 19.1 Å². The highest BCUT2D eigenvalue weighted by Crippen LogP contribution is 2.17. The van der Waals surface area contributed by atoms with Crippen molar-refractivity contribution in [3.05, 3.63) is 51.8 Å². The van der Waals surface area contributed by atoms with E-state index in [1.165, 1.54) is 27.3 Å². The summed E-state index contributed by atoms with van der Waals surface area (Å²) < 4.78 is 5.50. The largest absolute Gasteiger partial charge is 0.468 e. The molecule has 0 aliphatic rings. The van der Waals surface area contributed by atoms with Gasteiger partial charge in [-0.05, 0) is 6.07 Å². The van der Waals surface area contributed by atoms with Crippen LogP contribution >= 0.6 is 0 Å². The van der Waals surface area contributed by atoms with Crippen LogP contribution in [0.5, 0.6) is 0 Å². The highest BCUT2D eigenvalue weighted by atomic mass is 16.5. The summed E-state index contributed by atoms with van der Waals surface area (Å²) >= 11 is 0. The molecule has 0 aliphatic carbocycles. The van der Waals surface area contributed by atoms with Gasteiger partial charge in [-0.3, -0.25) is 24.6 Å². The minimum absolute atomic E-state index is 0.0862. The molecule has 11 nitrogen and oxygen atoms in total. The molecule has 158 valence electrons. The van der Waals surface area contributed by atoms with Gasteiger partial charge in [0.15, 0.2) is 0 Å². The SMILES string of the molecule is COC(=O)CN(C)C(=O)CNC(=O)c1cc(-c2ccc(C(=N)N)cc2)nn(C)c1=O. The smallest absolute Gasteiger partial charge is 0.325 e. The number of rotatable bonds is 7. The van der Waals surface area contributed by atoms with Crippen LogP contribution in [0.1, 0.15) is 15.9 Å². The Hall–Kier alpha value is -4.02. The van der Waals surface area contributed by atoms with E-state index >= 15 is 0 Å². The van der Waals surface area contributed by atoms with Crippen LogP contribution in [0.25, 0.3) is 11.3 Å². The summed E-state index contributed by atoms with van der Waals surface area (Å²) in [5.41, 5.74) is 6.10. The van der Waals surface area contributed by atoms with Crippen molar-refractivity contribution >= 4 is 23.6 Å². The van der Waals surface area contributed by atoms with Gasteiger partial charge in [0, 0.05) is 25.2 Å². The van der Waals surface area contributed by atoms with E-state index in [9.17, 15) is 19.2 Å². The van der Waals surface area contributed by atoms with Crippen molar-refractivity contribution in [1.82, 2.24) is 20.0 Å². The van der Waals surface area contributed by atoms with Crippen LogP contribution in [0.3, 0.4) is 0 Å². The van der Waals surface area contributed by atoms with Crippen LogP contribution in [-0.4, -0.2) is 65.5 Å². The number of nitrogens with two attached hydrogens (primary N) is 1. The lowest BCUT2D eigenvalue weighted by Crippen LogP contribution is -2.42. The van der Waals surface area contributed by atoms with Gasteiger partial charge in [-0.1, -0.05) is 24.3 Å². The molecule has 0 bridgehead atoms. The first kappa shape index (κ1) is 22.3. The number of amidine groups is 1. The maximum absolute atomic E-state index is 12.5. The Balaban J connectivity index is 2.19. The zero-order valence-corrected chi connectivity index (χ0v) is 16.8. The van der Waals surface area contributed by atoms with E-state index in [2.05, 4.69) is 15.2 Å². The molecule has 0 fully saturated rings. The molecule has 30 heavy (non-hydrogen) atoms. The van der Waals surface area contributed by atoms with Crippen molar-refractivity contribution in [2.45, 2.75) is 0 Å². The summed E-state index contributed by atoms with van der Waals surface area (Å²) in [6.07, 6.45) is 0. The lowest BCUT2D eigenvalue weighted by Gasteiger charge is -2.16. The normalized spacial score (nSPS) is 10.2. The maximum Gasteiger partial charge on any atom is 0.325 e. The predicted molar refractivity (Wildman–Crippen MR) is 108 cm³/mol. The molecule has 2 aromatic rings. The van der Waals surface area contributed by atoms with Crippen LogP contribution in [0.4, 0.5) is 0 Å². The maximum atomic E-state index is 12.5. The molecule has 0 aliphatic heterocycles. The summed E-state index contributed by atoms with van der Waals surface area (Å²) in [4.78, 5) is 49.2. The van der Waals surface area contributed by atoms with Crippen molar-refractivity contribution in [3.8, 4) is 11.3 Å². The second kappa shape index (κ2) is 9.45. The van der Waals surface area contributed by atoms with Crippen LogP contribution in [0.15, 0.2) is 35.1 Å². The predicted octanol–water partition coefficient (Wildman–Crippen LogP) is -0.907. The molecule has 2 amide bonds. The first-order valence-electron chi connectivity index (χ1n) is 8.76. The van der Waals surface area contributed by atoms with E-state index in [1.54, 1.807) is 24.3 Å². The third-order valence-corrected chi connectivity index (χ3v) is 4.22. The lowest BCUT2D eigenvalue weighted by molar-refractivity contribution is -0.145. The Morgan fingerprint density at radius 2 is 1.90 bits per heavy atom. The van der Waals surface area contributed by atoms with Gasteiger partial charge in [0.05, 0.1) is 19.3 Å².